The van der Waals surface area contributed by atoms with Crippen LogP contribution in [0.4, 0.5) is 0 Å². The fraction of sp³-hybridized carbons (Fsp3) is 0.400. The SMILES string of the molecule is CCN1C(=O)c2c(OCc3ccccc3)c(=O)c(Br)cn2N2CCCC[C@H]12. The lowest BCUT2D eigenvalue weighted by atomic mass is 10.1. The van der Waals surface area contributed by atoms with Crippen molar-refractivity contribution in [3.63, 3.8) is 0 Å². The maximum atomic E-state index is 13.2. The normalized spacial score (nSPS) is 18.9. The van der Waals surface area contributed by atoms with Crippen LogP contribution in [-0.2, 0) is 6.61 Å². The number of halogens is 1. The number of hydrogen-bond donors (Lipinski definition) is 0. The van der Waals surface area contributed by atoms with Crippen LogP contribution in [0.15, 0.2) is 45.8 Å². The second-order valence-corrected chi connectivity index (χ2v) is 7.69. The molecule has 3 heterocycles. The smallest absolute Gasteiger partial charge is 0.278 e. The number of fused-ring (bicyclic) bond motifs is 3. The minimum absolute atomic E-state index is 0.0279. The van der Waals surface area contributed by atoms with Crippen molar-refractivity contribution in [1.29, 1.82) is 0 Å². The third kappa shape index (κ3) is 3.14. The highest BCUT2D eigenvalue weighted by Gasteiger charge is 2.40. The van der Waals surface area contributed by atoms with Gasteiger partial charge in [0, 0.05) is 19.3 Å². The zero-order valence-electron chi connectivity index (χ0n) is 15.2. The molecule has 2 aliphatic heterocycles. The summed E-state index contributed by atoms with van der Waals surface area (Å²) in [6.07, 6.45) is 4.82. The molecule has 0 aliphatic carbocycles. The first kappa shape index (κ1) is 18.1. The molecule has 2 aromatic rings. The molecule has 27 heavy (non-hydrogen) atoms. The number of benzene rings is 1. The van der Waals surface area contributed by atoms with E-state index in [-0.39, 0.29) is 29.9 Å². The average Bonchev–Trinajstić information content (AvgIpc) is 2.70. The van der Waals surface area contributed by atoms with Crippen molar-refractivity contribution < 1.29 is 9.53 Å². The topological polar surface area (TPSA) is 54.8 Å². The van der Waals surface area contributed by atoms with E-state index in [4.69, 9.17) is 4.74 Å². The lowest BCUT2D eigenvalue weighted by molar-refractivity contribution is 0.0532. The molecule has 4 rings (SSSR count). The molecule has 1 aromatic heterocycles. The number of aromatic nitrogens is 1. The first-order chi connectivity index (χ1) is 13.1. The van der Waals surface area contributed by atoms with Gasteiger partial charge in [-0.15, -0.1) is 0 Å². The molecule has 1 atom stereocenters. The van der Waals surface area contributed by atoms with Crippen molar-refractivity contribution in [2.24, 2.45) is 0 Å². The number of carbonyl (C=O) groups excluding carboxylic acids is 1. The number of amides is 1. The van der Waals surface area contributed by atoms with E-state index in [0.717, 1.165) is 31.4 Å². The van der Waals surface area contributed by atoms with Gasteiger partial charge in [0.2, 0.25) is 5.43 Å². The summed E-state index contributed by atoms with van der Waals surface area (Å²) in [5.74, 6) is -0.0333. The number of piperidine rings is 1. The average molecular weight is 432 g/mol. The summed E-state index contributed by atoms with van der Waals surface area (Å²) < 4.78 is 8.13. The van der Waals surface area contributed by atoms with Gasteiger partial charge in [-0.3, -0.25) is 19.3 Å². The highest BCUT2D eigenvalue weighted by Crippen LogP contribution is 2.31. The summed E-state index contributed by atoms with van der Waals surface area (Å²) in [6.45, 7) is 3.65. The van der Waals surface area contributed by atoms with E-state index >= 15 is 0 Å². The predicted octanol–water partition coefficient (Wildman–Crippen LogP) is 3.11. The van der Waals surface area contributed by atoms with Gasteiger partial charge in [-0.05, 0) is 47.7 Å². The largest absolute Gasteiger partial charge is 0.482 e. The van der Waals surface area contributed by atoms with Gasteiger partial charge in [-0.2, -0.15) is 0 Å². The minimum atomic E-state index is -0.294. The third-order valence-electron chi connectivity index (χ3n) is 5.21. The Hall–Kier alpha value is -2.28. The van der Waals surface area contributed by atoms with Gasteiger partial charge in [0.15, 0.2) is 11.4 Å². The maximum absolute atomic E-state index is 13.2. The standard InChI is InChI=1S/C20H22BrN3O3/c1-2-22-16-10-6-7-11-23(16)24-12-15(21)18(25)19(17(24)20(22)26)27-13-14-8-4-3-5-9-14/h3-5,8-9,12,16H,2,6-7,10-11,13H2,1H3/t16-/m1/s1. The van der Waals surface area contributed by atoms with Crippen molar-refractivity contribution in [1.82, 2.24) is 9.58 Å². The summed E-state index contributed by atoms with van der Waals surface area (Å²) in [5.41, 5.74) is 0.971. The molecule has 1 saturated heterocycles. The molecule has 7 heteroatoms. The van der Waals surface area contributed by atoms with Gasteiger partial charge in [0.25, 0.3) is 5.91 Å². The van der Waals surface area contributed by atoms with E-state index < -0.39 is 0 Å². The van der Waals surface area contributed by atoms with Crippen LogP contribution >= 0.6 is 15.9 Å². The number of hydrogen-bond acceptors (Lipinski definition) is 4. The van der Waals surface area contributed by atoms with Crippen molar-refractivity contribution in [2.45, 2.75) is 39.0 Å². The lowest BCUT2D eigenvalue weighted by Gasteiger charge is -2.48. The third-order valence-corrected chi connectivity index (χ3v) is 5.78. The van der Waals surface area contributed by atoms with E-state index in [1.165, 1.54) is 0 Å². The number of nitrogens with zero attached hydrogens (tertiary/aromatic N) is 3. The molecule has 1 amide bonds. The molecule has 0 unspecified atom stereocenters. The number of rotatable bonds is 4. The second kappa shape index (κ2) is 7.38. The Kier molecular flexibility index (Phi) is 4.95. The van der Waals surface area contributed by atoms with Crippen LogP contribution in [0.5, 0.6) is 5.75 Å². The molecule has 142 valence electrons. The second-order valence-electron chi connectivity index (χ2n) is 6.83. The van der Waals surface area contributed by atoms with Crippen molar-refractivity contribution in [2.75, 3.05) is 18.1 Å². The fourth-order valence-corrected chi connectivity index (χ4v) is 4.28. The van der Waals surface area contributed by atoms with Gasteiger partial charge >= 0.3 is 0 Å². The zero-order valence-corrected chi connectivity index (χ0v) is 16.8. The van der Waals surface area contributed by atoms with Gasteiger partial charge in [-0.1, -0.05) is 30.3 Å². The van der Waals surface area contributed by atoms with Crippen molar-refractivity contribution in [3.05, 3.63) is 62.5 Å². The monoisotopic (exact) mass is 431 g/mol. The summed E-state index contributed by atoms with van der Waals surface area (Å²) in [4.78, 5) is 27.9. The number of carbonyl (C=O) groups is 1. The Bertz CT molecular complexity index is 913. The van der Waals surface area contributed by atoms with E-state index in [9.17, 15) is 9.59 Å². The molecule has 0 radical (unpaired) electrons. The quantitative estimate of drug-likeness (QED) is 0.745. The molecule has 6 nitrogen and oxygen atoms in total. The van der Waals surface area contributed by atoms with Gasteiger partial charge in [-0.25, -0.2) is 0 Å². The Morgan fingerprint density at radius 3 is 2.70 bits per heavy atom. The molecular weight excluding hydrogens is 410 g/mol. The molecule has 2 aliphatic rings. The van der Waals surface area contributed by atoms with Gasteiger partial charge in [0.1, 0.15) is 12.8 Å². The molecular formula is C20H22BrN3O3. The molecule has 0 bridgehead atoms. The zero-order chi connectivity index (χ0) is 19.0. The van der Waals surface area contributed by atoms with Crippen LogP contribution < -0.4 is 15.2 Å². The van der Waals surface area contributed by atoms with Crippen LogP contribution in [0.1, 0.15) is 42.2 Å². The van der Waals surface area contributed by atoms with E-state index in [1.54, 1.807) is 6.20 Å². The van der Waals surface area contributed by atoms with Crippen molar-refractivity contribution in [3.8, 4) is 5.75 Å². The fourth-order valence-electron chi connectivity index (χ4n) is 3.90. The predicted molar refractivity (Wildman–Crippen MR) is 107 cm³/mol. The molecule has 0 spiro atoms. The van der Waals surface area contributed by atoms with E-state index in [0.29, 0.717) is 16.7 Å². The van der Waals surface area contributed by atoms with Crippen LogP contribution in [0.3, 0.4) is 0 Å². The molecule has 1 fully saturated rings. The van der Waals surface area contributed by atoms with Crippen LogP contribution in [0, 0.1) is 0 Å². The Balaban J connectivity index is 1.80. The van der Waals surface area contributed by atoms with Crippen molar-refractivity contribution >= 4 is 21.8 Å². The first-order valence-electron chi connectivity index (χ1n) is 9.31. The highest BCUT2D eigenvalue weighted by atomic mass is 79.9. The molecule has 0 saturated carbocycles. The van der Waals surface area contributed by atoms with Gasteiger partial charge in [0.05, 0.1) is 4.47 Å². The maximum Gasteiger partial charge on any atom is 0.278 e. The number of pyridine rings is 1. The summed E-state index contributed by atoms with van der Waals surface area (Å²) >= 11 is 3.36. The Labute approximate surface area is 166 Å². The Morgan fingerprint density at radius 1 is 1.19 bits per heavy atom. The van der Waals surface area contributed by atoms with Crippen LogP contribution in [0.25, 0.3) is 0 Å². The summed E-state index contributed by atoms with van der Waals surface area (Å²) in [5, 5.41) is 2.17. The lowest BCUT2D eigenvalue weighted by Crippen LogP contribution is -2.62. The summed E-state index contributed by atoms with van der Waals surface area (Å²) in [7, 11) is 0. The Morgan fingerprint density at radius 2 is 1.96 bits per heavy atom. The van der Waals surface area contributed by atoms with E-state index in [1.807, 2.05) is 46.8 Å². The van der Waals surface area contributed by atoms with Crippen LogP contribution in [-0.4, -0.2) is 34.7 Å². The first-order valence-corrected chi connectivity index (χ1v) is 10.1. The van der Waals surface area contributed by atoms with E-state index in [2.05, 4.69) is 20.9 Å². The van der Waals surface area contributed by atoms with Crippen LogP contribution in [0.2, 0.25) is 0 Å². The summed E-state index contributed by atoms with van der Waals surface area (Å²) in [6, 6.07) is 9.64. The molecule has 0 N–H and O–H groups in total. The highest BCUT2D eigenvalue weighted by molar-refractivity contribution is 9.10. The number of ether oxygens (including phenoxy) is 1. The minimum Gasteiger partial charge on any atom is -0.482 e. The molecule has 1 aromatic carbocycles. The van der Waals surface area contributed by atoms with Gasteiger partial charge < -0.3 is 9.64 Å².